The summed E-state index contributed by atoms with van der Waals surface area (Å²) in [5.41, 5.74) is 0.226. The predicted molar refractivity (Wildman–Crippen MR) is 145 cm³/mol. The van der Waals surface area contributed by atoms with Gasteiger partial charge in [-0.15, -0.1) is 0 Å². The Morgan fingerprint density at radius 2 is 1.77 bits per heavy atom. The van der Waals surface area contributed by atoms with Gasteiger partial charge in [-0.3, -0.25) is 4.57 Å². The van der Waals surface area contributed by atoms with Gasteiger partial charge in [0.15, 0.2) is 6.29 Å². The summed E-state index contributed by atoms with van der Waals surface area (Å²) in [7, 11) is 0. The second kappa shape index (κ2) is 12.7. The van der Waals surface area contributed by atoms with Crippen LogP contribution in [0.1, 0.15) is 24.8 Å². The number of hydrogen-bond donors (Lipinski definition) is 1. The van der Waals surface area contributed by atoms with Crippen molar-refractivity contribution in [1.82, 2.24) is 24.1 Å². The maximum atomic E-state index is 13.5. The lowest BCUT2D eigenvalue weighted by molar-refractivity contribution is -0.163. The van der Waals surface area contributed by atoms with Crippen molar-refractivity contribution in [1.29, 1.82) is 0 Å². The highest BCUT2D eigenvalue weighted by Crippen LogP contribution is 2.22. The minimum Gasteiger partial charge on any atom is -0.424 e. The van der Waals surface area contributed by atoms with Crippen LogP contribution >= 0.6 is 11.6 Å². The first-order chi connectivity index (χ1) is 19.0. The van der Waals surface area contributed by atoms with E-state index in [1.807, 2.05) is 12.1 Å². The number of anilines is 2. The Balaban J connectivity index is 1.38. The standard InChI is InChI=1S/C27H27ClN6O5/c28-20-7-5-19(6-8-20)18-34-24(31-21-9-11-22(12-10-21)39-25-29-13-3-14-30-25)32-26(35)33(27(34)36)15-17-38-23-4-1-2-16-37-23/h3,5-14,23H,1-2,4,15-18H2,(H,31,32,35). The van der Waals surface area contributed by atoms with Crippen LogP contribution in [0.4, 0.5) is 11.6 Å². The largest absolute Gasteiger partial charge is 0.424 e. The second-order valence-corrected chi connectivity index (χ2v) is 9.25. The molecule has 12 heteroatoms. The molecule has 202 valence electrons. The summed E-state index contributed by atoms with van der Waals surface area (Å²) in [6.07, 6.45) is 5.67. The Bertz CT molecular complexity index is 1490. The van der Waals surface area contributed by atoms with Gasteiger partial charge >= 0.3 is 17.4 Å². The lowest BCUT2D eigenvalue weighted by atomic mass is 10.2. The first-order valence-corrected chi connectivity index (χ1v) is 12.9. The van der Waals surface area contributed by atoms with Gasteiger partial charge < -0.3 is 19.5 Å². The minimum atomic E-state index is -0.677. The quantitative estimate of drug-likeness (QED) is 0.312. The van der Waals surface area contributed by atoms with Crippen molar-refractivity contribution < 1.29 is 14.2 Å². The molecule has 11 nitrogen and oxygen atoms in total. The molecular formula is C27H27ClN6O5. The van der Waals surface area contributed by atoms with Crippen LogP contribution in [0, 0.1) is 0 Å². The number of rotatable bonds is 10. The fraction of sp³-hybridized carbons (Fsp3) is 0.296. The van der Waals surface area contributed by atoms with Crippen molar-refractivity contribution in [2.24, 2.45) is 0 Å². The summed E-state index contributed by atoms with van der Waals surface area (Å²) in [5.74, 6) is 0.628. The van der Waals surface area contributed by atoms with Crippen LogP contribution in [0.5, 0.6) is 11.8 Å². The van der Waals surface area contributed by atoms with E-state index in [-0.39, 0.29) is 37.9 Å². The molecule has 2 aromatic carbocycles. The maximum Gasteiger partial charge on any atom is 0.355 e. The van der Waals surface area contributed by atoms with Crippen LogP contribution in [-0.4, -0.2) is 43.6 Å². The predicted octanol–water partition coefficient (Wildman–Crippen LogP) is 3.98. The summed E-state index contributed by atoms with van der Waals surface area (Å²) in [6.45, 7) is 1.03. The number of ether oxygens (including phenoxy) is 3. The van der Waals surface area contributed by atoms with Gasteiger partial charge in [0.25, 0.3) is 0 Å². The van der Waals surface area contributed by atoms with E-state index in [0.29, 0.717) is 23.1 Å². The molecular weight excluding hydrogens is 524 g/mol. The summed E-state index contributed by atoms with van der Waals surface area (Å²) in [5, 5.41) is 3.67. The highest BCUT2D eigenvalue weighted by molar-refractivity contribution is 6.30. The monoisotopic (exact) mass is 550 g/mol. The zero-order valence-electron chi connectivity index (χ0n) is 21.0. The number of benzene rings is 2. The Morgan fingerprint density at radius 1 is 1.00 bits per heavy atom. The van der Waals surface area contributed by atoms with Gasteiger partial charge in [-0.05, 0) is 67.3 Å². The number of nitrogens with zero attached hydrogens (tertiary/aromatic N) is 5. The summed E-state index contributed by atoms with van der Waals surface area (Å²) >= 11 is 6.03. The van der Waals surface area contributed by atoms with E-state index in [2.05, 4.69) is 20.3 Å². The summed E-state index contributed by atoms with van der Waals surface area (Å²) < 4.78 is 19.4. The molecule has 0 spiro atoms. The highest BCUT2D eigenvalue weighted by atomic mass is 35.5. The molecule has 1 aliphatic rings. The molecule has 0 aliphatic carbocycles. The lowest BCUT2D eigenvalue weighted by Crippen LogP contribution is -2.43. The molecule has 0 saturated carbocycles. The van der Waals surface area contributed by atoms with E-state index < -0.39 is 11.4 Å². The fourth-order valence-corrected chi connectivity index (χ4v) is 4.15. The third-order valence-electron chi connectivity index (χ3n) is 6.02. The van der Waals surface area contributed by atoms with Crippen molar-refractivity contribution >= 4 is 23.2 Å². The average molecular weight is 551 g/mol. The molecule has 1 fully saturated rings. The molecule has 1 atom stereocenters. The minimum absolute atomic E-state index is 0.0546. The average Bonchev–Trinajstić information content (AvgIpc) is 2.96. The molecule has 0 radical (unpaired) electrons. The molecule has 2 aromatic heterocycles. The maximum absolute atomic E-state index is 13.5. The van der Waals surface area contributed by atoms with Gasteiger partial charge in [0.2, 0.25) is 5.95 Å². The van der Waals surface area contributed by atoms with E-state index in [1.54, 1.807) is 54.9 Å². The van der Waals surface area contributed by atoms with Crippen molar-refractivity contribution in [2.75, 3.05) is 18.5 Å². The Labute approximate surface area is 229 Å². The summed E-state index contributed by atoms with van der Waals surface area (Å²) in [4.78, 5) is 38.7. The zero-order chi connectivity index (χ0) is 27.0. The molecule has 39 heavy (non-hydrogen) atoms. The van der Waals surface area contributed by atoms with E-state index >= 15 is 0 Å². The number of halogens is 1. The van der Waals surface area contributed by atoms with Crippen LogP contribution in [-0.2, 0) is 22.6 Å². The van der Waals surface area contributed by atoms with E-state index in [0.717, 1.165) is 29.4 Å². The number of nitrogens with one attached hydrogen (secondary N) is 1. The third kappa shape index (κ3) is 7.08. The first-order valence-electron chi connectivity index (χ1n) is 12.6. The fourth-order valence-electron chi connectivity index (χ4n) is 4.03. The second-order valence-electron chi connectivity index (χ2n) is 8.81. The molecule has 1 N–H and O–H groups in total. The van der Waals surface area contributed by atoms with Crippen LogP contribution in [0.2, 0.25) is 5.02 Å². The van der Waals surface area contributed by atoms with Crippen LogP contribution in [0.3, 0.4) is 0 Å². The van der Waals surface area contributed by atoms with Crippen LogP contribution in [0.15, 0.2) is 76.6 Å². The molecule has 1 aliphatic heterocycles. The van der Waals surface area contributed by atoms with Crippen LogP contribution < -0.4 is 21.4 Å². The highest BCUT2D eigenvalue weighted by Gasteiger charge is 2.17. The van der Waals surface area contributed by atoms with Crippen molar-refractivity contribution in [3.63, 3.8) is 0 Å². The Kier molecular flexibility index (Phi) is 8.61. The lowest BCUT2D eigenvalue weighted by Gasteiger charge is -2.22. The van der Waals surface area contributed by atoms with E-state index in [1.165, 1.54) is 4.57 Å². The van der Waals surface area contributed by atoms with Crippen molar-refractivity contribution in [2.45, 2.75) is 38.6 Å². The Morgan fingerprint density at radius 3 is 2.49 bits per heavy atom. The van der Waals surface area contributed by atoms with Crippen molar-refractivity contribution in [3.8, 4) is 11.8 Å². The third-order valence-corrected chi connectivity index (χ3v) is 6.27. The van der Waals surface area contributed by atoms with Crippen LogP contribution in [0.25, 0.3) is 0 Å². The van der Waals surface area contributed by atoms with Gasteiger partial charge in [-0.2, -0.15) is 4.98 Å². The molecule has 5 rings (SSSR count). The molecule has 3 heterocycles. The smallest absolute Gasteiger partial charge is 0.355 e. The summed E-state index contributed by atoms with van der Waals surface area (Å²) in [6, 6.07) is 15.9. The topological polar surface area (TPSA) is 122 Å². The van der Waals surface area contributed by atoms with Gasteiger partial charge in [-0.1, -0.05) is 23.7 Å². The molecule has 1 unspecified atom stereocenters. The van der Waals surface area contributed by atoms with Gasteiger partial charge in [0.05, 0.1) is 19.7 Å². The normalized spacial score (nSPS) is 15.2. The number of hydrogen-bond acceptors (Lipinski definition) is 9. The molecule has 4 aromatic rings. The van der Waals surface area contributed by atoms with Gasteiger partial charge in [-0.25, -0.2) is 24.1 Å². The first kappa shape index (κ1) is 26.5. The molecule has 0 amide bonds. The SMILES string of the molecule is O=c1nc(Nc2ccc(Oc3ncccn3)cc2)n(Cc2ccc(Cl)cc2)c(=O)n1CCOC1CCCCO1. The van der Waals surface area contributed by atoms with E-state index in [4.69, 9.17) is 25.8 Å². The van der Waals surface area contributed by atoms with Gasteiger partial charge in [0, 0.05) is 29.7 Å². The number of aromatic nitrogens is 5. The van der Waals surface area contributed by atoms with E-state index in [9.17, 15) is 9.59 Å². The Hall–Kier alpha value is -4.06. The zero-order valence-corrected chi connectivity index (χ0v) is 21.8. The molecule has 1 saturated heterocycles. The van der Waals surface area contributed by atoms with Gasteiger partial charge in [0.1, 0.15) is 5.75 Å². The van der Waals surface area contributed by atoms with Crippen molar-refractivity contribution in [3.05, 3.63) is 98.5 Å². The molecule has 0 bridgehead atoms.